The topological polar surface area (TPSA) is 17.1 Å². The van der Waals surface area contributed by atoms with Crippen molar-refractivity contribution in [1.29, 1.82) is 0 Å². The van der Waals surface area contributed by atoms with E-state index < -0.39 is 0 Å². The van der Waals surface area contributed by atoms with Crippen LogP contribution in [0, 0.1) is 0 Å². The van der Waals surface area contributed by atoms with E-state index in [1.54, 1.807) is 24.3 Å². The van der Waals surface area contributed by atoms with Gasteiger partial charge in [0, 0.05) is 15.6 Å². The first-order valence-corrected chi connectivity index (χ1v) is 8.01. The first-order chi connectivity index (χ1) is 7.99. The van der Waals surface area contributed by atoms with E-state index in [-0.39, 0.29) is 5.78 Å². The first kappa shape index (κ1) is 13.7. The summed E-state index contributed by atoms with van der Waals surface area (Å²) in [6.07, 6.45) is 0. The van der Waals surface area contributed by atoms with E-state index in [2.05, 4.69) is 47.8 Å². The minimum Gasteiger partial charge on any atom is -0.289 e. The Morgan fingerprint density at radius 3 is 2.41 bits per heavy atom. The second kappa shape index (κ2) is 5.53. The Labute approximate surface area is 133 Å². The van der Waals surface area contributed by atoms with E-state index in [4.69, 9.17) is 11.6 Å². The van der Waals surface area contributed by atoms with Crippen LogP contribution in [0.2, 0.25) is 5.02 Å². The molecule has 0 bridgehead atoms. The number of hydrogen-bond acceptors (Lipinski definition) is 2. The summed E-state index contributed by atoms with van der Waals surface area (Å²) in [5.41, 5.74) is 1.21. The molecule has 1 heterocycles. The van der Waals surface area contributed by atoms with E-state index in [1.165, 1.54) is 11.3 Å². The molecule has 0 saturated carbocycles. The minimum absolute atomic E-state index is 0.0479. The number of rotatable bonds is 2. The Hall–Kier alpha value is 0.320. The van der Waals surface area contributed by atoms with Crippen LogP contribution in [0.15, 0.2) is 36.3 Å². The molecule has 0 spiro atoms. The summed E-state index contributed by atoms with van der Waals surface area (Å²) < 4.78 is 2.51. The van der Waals surface area contributed by atoms with E-state index in [0.717, 1.165) is 12.0 Å². The molecule has 0 fully saturated rings. The number of thiophene rings is 1. The lowest BCUT2D eigenvalue weighted by Gasteiger charge is -2.01. The number of ketones is 1. The van der Waals surface area contributed by atoms with Crippen molar-refractivity contribution in [2.45, 2.75) is 0 Å². The van der Waals surface area contributed by atoms with Gasteiger partial charge < -0.3 is 0 Å². The highest BCUT2D eigenvalue weighted by atomic mass is 79.9. The zero-order valence-corrected chi connectivity index (χ0v) is 14.5. The van der Waals surface area contributed by atoms with Gasteiger partial charge in [0.05, 0.1) is 12.6 Å². The molecular weight excluding hydrogens is 455 g/mol. The minimum atomic E-state index is -0.0479. The Kier molecular flexibility index (Phi) is 4.47. The highest BCUT2D eigenvalue weighted by Gasteiger charge is 2.16. The molecule has 0 amide bonds. The van der Waals surface area contributed by atoms with Gasteiger partial charge >= 0.3 is 0 Å². The van der Waals surface area contributed by atoms with Gasteiger partial charge in [0.15, 0.2) is 5.78 Å². The van der Waals surface area contributed by atoms with Crippen molar-refractivity contribution < 1.29 is 4.79 Å². The van der Waals surface area contributed by atoms with Crippen molar-refractivity contribution in [3.8, 4) is 0 Å². The summed E-state index contributed by atoms with van der Waals surface area (Å²) in [6, 6.07) is 6.97. The highest BCUT2D eigenvalue weighted by Crippen LogP contribution is 2.34. The molecule has 0 unspecified atom stereocenters. The van der Waals surface area contributed by atoms with Crippen LogP contribution < -0.4 is 0 Å². The van der Waals surface area contributed by atoms with Gasteiger partial charge in [-0.1, -0.05) is 11.6 Å². The van der Waals surface area contributed by atoms with Crippen molar-refractivity contribution in [2.75, 3.05) is 0 Å². The van der Waals surface area contributed by atoms with Crippen molar-refractivity contribution in [1.82, 2.24) is 0 Å². The third-order valence-corrected chi connectivity index (χ3v) is 5.65. The summed E-state index contributed by atoms with van der Waals surface area (Å²) in [7, 11) is 0. The summed E-state index contributed by atoms with van der Waals surface area (Å²) >= 11 is 17.5. The van der Waals surface area contributed by atoms with Gasteiger partial charge in [-0.15, -0.1) is 11.3 Å². The van der Waals surface area contributed by atoms with Crippen LogP contribution in [0.5, 0.6) is 0 Å². The maximum absolute atomic E-state index is 12.2. The molecule has 2 rings (SSSR count). The maximum Gasteiger partial charge on any atom is 0.195 e. The van der Waals surface area contributed by atoms with E-state index >= 15 is 0 Å². The smallest absolute Gasteiger partial charge is 0.195 e. The predicted octanol–water partition coefficient (Wildman–Crippen LogP) is 5.92. The van der Waals surface area contributed by atoms with Gasteiger partial charge in [-0.25, -0.2) is 0 Å². The normalized spacial score (nSPS) is 10.6. The number of benzene rings is 1. The highest BCUT2D eigenvalue weighted by molar-refractivity contribution is 9.12. The zero-order chi connectivity index (χ0) is 12.6. The molecule has 0 radical (unpaired) electrons. The summed E-state index contributed by atoms with van der Waals surface area (Å²) in [5, 5.41) is 0.529. The van der Waals surface area contributed by atoms with Crippen LogP contribution in [0.3, 0.4) is 0 Å². The predicted molar refractivity (Wildman–Crippen MR) is 82.3 cm³/mol. The second-order valence-electron chi connectivity index (χ2n) is 3.20. The van der Waals surface area contributed by atoms with E-state index in [1.807, 2.05) is 0 Å². The van der Waals surface area contributed by atoms with Gasteiger partial charge in [-0.05, 0) is 72.1 Å². The number of carbonyl (C=O) groups is 1. The van der Waals surface area contributed by atoms with Gasteiger partial charge in [0.2, 0.25) is 0 Å². The fourth-order valence-corrected chi connectivity index (χ4v) is 4.51. The lowest BCUT2D eigenvalue weighted by atomic mass is 10.1. The molecule has 88 valence electrons. The molecule has 0 aliphatic rings. The van der Waals surface area contributed by atoms with Crippen LogP contribution >= 0.6 is 70.7 Å². The van der Waals surface area contributed by atoms with Crippen LogP contribution in [0.4, 0.5) is 0 Å². The van der Waals surface area contributed by atoms with Crippen molar-refractivity contribution in [2.24, 2.45) is 0 Å². The van der Waals surface area contributed by atoms with Crippen molar-refractivity contribution >= 4 is 76.5 Å². The van der Waals surface area contributed by atoms with Crippen LogP contribution in [0.1, 0.15) is 15.9 Å². The summed E-state index contributed by atoms with van der Waals surface area (Å²) in [4.78, 5) is 12.2. The van der Waals surface area contributed by atoms with Crippen LogP contribution in [-0.4, -0.2) is 5.78 Å². The van der Waals surface area contributed by atoms with E-state index in [9.17, 15) is 4.79 Å². The monoisotopic (exact) mass is 456 g/mol. The van der Waals surface area contributed by atoms with Gasteiger partial charge in [-0.2, -0.15) is 0 Å². The Morgan fingerprint density at radius 2 is 1.88 bits per heavy atom. The van der Waals surface area contributed by atoms with Crippen LogP contribution in [-0.2, 0) is 0 Å². The largest absolute Gasteiger partial charge is 0.289 e. The molecule has 0 atom stereocenters. The molecule has 1 aromatic heterocycles. The maximum atomic E-state index is 12.2. The third kappa shape index (κ3) is 3.01. The fourth-order valence-electron chi connectivity index (χ4n) is 1.29. The molecule has 1 nitrogen and oxygen atoms in total. The molecule has 0 saturated heterocycles. The molecular formula is C11H4Br3ClOS. The zero-order valence-electron chi connectivity index (χ0n) is 8.14. The number of carbonyl (C=O) groups excluding carboxylic acids is 1. The van der Waals surface area contributed by atoms with Crippen molar-refractivity contribution in [3.63, 3.8) is 0 Å². The molecule has 17 heavy (non-hydrogen) atoms. The Balaban J connectivity index is 2.44. The molecule has 1 aromatic carbocycles. The SMILES string of the molecule is O=C(c1ccc(Br)c(Cl)c1)c1cc(Br)sc1Br. The molecule has 6 heteroatoms. The second-order valence-corrected chi connectivity index (χ2v) is 8.21. The van der Waals surface area contributed by atoms with E-state index in [0.29, 0.717) is 16.1 Å². The van der Waals surface area contributed by atoms with Gasteiger partial charge in [-0.3, -0.25) is 4.79 Å². The summed E-state index contributed by atoms with van der Waals surface area (Å²) in [5.74, 6) is -0.0479. The lowest BCUT2D eigenvalue weighted by molar-refractivity contribution is 0.103. The number of halogens is 4. The number of hydrogen-bond donors (Lipinski definition) is 0. The quantitative estimate of drug-likeness (QED) is 0.510. The fraction of sp³-hybridized carbons (Fsp3) is 0. The third-order valence-electron chi connectivity index (χ3n) is 2.08. The molecule has 0 N–H and O–H groups in total. The van der Waals surface area contributed by atoms with Gasteiger partial charge in [0.25, 0.3) is 0 Å². The standard InChI is InChI=1S/C11H4Br3ClOS/c12-7-2-1-5(3-8(7)15)10(16)6-4-9(13)17-11(6)14/h1-4H. The van der Waals surface area contributed by atoms with Crippen molar-refractivity contribution in [3.05, 3.63) is 52.5 Å². The molecule has 0 aliphatic heterocycles. The Bertz CT molecular complexity index is 594. The molecule has 0 aliphatic carbocycles. The van der Waals surface area contributed by atoms with Gasteiger partial charge in [0.1, 0.15) is 0 Å². The molecule has 2 aromatic rings. The Morgan fingerprint density at radius 1 is 1.18 bits per heavy atom. The first-order valence-electron chi connectivity index (χ1n) is 4.43. The average molecular weight is 459 g/mol. The summed E-state index contributed by atoms with van der Waals surface area (Å²) in [6.45, 7) is 0. The van der Waals surface area contributed by atoms with Crippen LogP contribution in [0.25, 0.3) is 0 Å². The lowest BCUT2D eigenvalue weighted by Crippen LogP contribution is -2.00. The average Bonchev–Trinajstić information content (AvgIpc) is 2.61.